The monoisotopic (exact) mass is 642 g/mol. The first-order chi connectivity index (χ1) is 21.2. The SMILES string of the molecule is CO[C@@H]1[C@H](OC(=O)CC(=O)CSc2ccc(CC(=O)CCCC(=O)C(C)(C)C)cc2)CC[C@]2(CO2)[C@H]1[C@]1(C)O[C@@H]1CC=C(C)C. The largest absolute Gasteiger partial charge is 0.459 e. The second-order valence-electron chi connectivity index (χ2n) is 14.3. The summed E-state index contributed by atoms with van der Waals surface area (Å²) >= 11 is 1.35. The van der Waals surface area contributed by atoms with Gasteiger partial charge in [0.05, 0.1) is 24.4 Å². The summed E-state index contributed by atoms with van der Waals surface area (Å²) in [6, 6.07) is 7.53. The number of epoxide rings is 2. The van der Waals surface area contributed by atoms with Gasteiger partial charge in [0.2, 0.25) is 0 Å². The second-order valence-corrected chi connectivity index (χ2v) is 15.3. The molecule has 0 N–H and O–H groups in total. The normalized spacial score (nSPS) is 28.8. The Morgan fingerprint density at radius 2 is 1.76 bits per heavy atom. The summed E-state index contributed by atoms with van der Waals surface area (Å²) in [4.78, 5) is 50.9. The van der Waals surface area contributed by atoms with Crippen molar-refractivity contribution in [1.29, 1.82) is 0 Å². The lowest BCUT2D eigenvalue weighted by atomic mass is 9.68. The summed E-state index contributed by atoms with van der Waals surface area (Å²) in [5.41, 5.74) is 1.04. The topological polar surface area (TPSA) is 112 Å². The minimum absolute atomic E-state index is 0.0639. The van der Waals surface area contributed by atoms with E-state index in [9.17, 15) is 19.2 Å². The van der Waals surface area contributed by atoms with Gasteiger partial charge in [0, 0.05) is 36.7 Å². The van der Waals surface area contributed by atoms with Crippen LogP contribution in [0.25, 0.3) is 0 Å². The smallest absolute Gasteiger partial charge is 0.313 e. The summed E-state index contributed by atoms with van der Waals surface area (Å²) in [5, 5.41) is 0. The Bertz CT molecular complexity index is 1270. The van der Waals surface area contributed by atoms with Gasteiger partial charge in [-0.15, -0.1) is 11.8 Å². The quantitative estimate of drug-likeness (QED) is 0.0679. The zero-order valence-corrected chi connectivity index (χ0v) is 28.8. The molecule has 0 unspecified atom stereocenters. The number of ether oxygens (including phenoxy) is 4. The Labute approximate surface area is 272 Å². The molecule has 0 aromatic heterocycles. The highest BCUT2D eigenvalue weighted by Gasteiger charge is 2.72. The number of Topliss-reactive ketones (excluding diaryl/α,β-unsaturated/α-hetero) is 3. The van der Waals surface area contributed by atoms with E-state index in [2.05, 4.69) is 26.8 Å². The number of rotatable bonds is 16. The molecule has 0 amide bonds. The van der Waals surface area contributed by atoms with E-state index in [-0.39, 0.29) is 58.7 Å². The number of hydrogen-bond donors (Lipinski definition) is 0. The summed E-state index contributed by atoms with van der Waals surface area (Å²) in [6.07, 6.45) is 4.97. The van der Waals surface area contributed by atoms with Gasteiger partial charge in [-0.05, 0) is 64.2 Å². The number of carbonyl (C=O) groups is 4. The van der Waals surface area contributed by atoms with Crippen molar-refractivity contribution in [3.63, 3.8) is 0 Å². The Hall–Kier alpha value is -2.33. The molecular formula is C36H50O8S. The summed E-state index contributed by atoms with van der Waals surface area (Å²) < 4.78 is 24.0. The van der Waals surface area contributed by atoms with Crippen LogP contribution in [0.5, 0.6) is 0 Å². The number of hydrogen-bond acceptors (Lipinski definition) is 9. The van der Waals surface area contributed by atoms with Gasteiger partial charge < -0.3 is 18.9 Å². The van der Waals surface area contributed by atoms with E-state index < -0.39 is 17.7 Å². The van der Waals surface area contributed by atoms with E-state index in [0.29, 0.717) is 38.7 Å². The van der Waals surface area contributed by atoms with Crippen LogP contribution in [0, 0.1) is 11.3 Å². The second kappa shape index (κ2) is 14.6. The van der Waals surface area contributed by atoms with Crippen LogP contribution in [-0.2, 0) is 44.5 Å². The molecule has 3 fully saturated rings. The minimum atomic E-state index is -0.542. The molecule has 1 aliphatic carbocycles. The molecule has 1 saturated carbocycles. The van der Waals surface area contributed by atoms with Gasteiger partial charge in [0.15, 0.2) is 5.78 Å². The number of thioether (sulfide) groups is 1. The first kappa shape index (κ1) is 35.5. The van der Waals surface area contributed by atoms with Crippen LogP contribution in [0.15, 0.2) is 40.8 Å². The molecule has 248 valence electrons. The van der Waals surface area contributed by atoms with Crippen LogP contribution >= 0.6 is 11.8 Å². The highest BCUT2D eigenvalue weighted by atomic mass is 32.2. The maximum absolute atomic E-state index is 12.9. The number of ketones is 3. The maximum atomic E-state index is 12.9. The molecular weight excluding hydrogens is 592 g/mol. The molecule has 2 aliphatic heterocycles. The predicted molar refractivity (Wildman–Crippen MR) is 173 cm³/mol. The van der Waals surface area contributed by atoms with Crippen molar-refractivity contribution in [3.05, 3.63) is 41.5 Å². The molecule has 0 radical (unpaired) electrons. The first-order valence-corrected chi connectivity index (χ1v) is 17.1. The Balaban J connectivity index is 1.21. The predicted octanol–water partition coefficient (Wildman–Crippen LogP) is 6.25. The average molecular weight is 643 g/mol. The van der Waals surface area contributed by atoms with Crippen LogP contribution in [0.3, 0.4) is 0 Å². The van der Waals surface area contributed by atoms with Crippen molar-refractivity contribution >= 4 is 35.1 Å². The van der Waals surface area contributed by atoms with Crippen LogP contribution in [0.4, 0.5) is 0 Å². The number of allylic oxidation sites excluding steroid dienone is 1. The van der Waals surface area contributed by atoms with Crippen LogP contribution in [0.1, 0.15) is 92.1 Å². The molecule has 9 heteroatoms. The molecule has 4 rings (SSSR count). The van der Waals surface area contributed by atoms with Crippen molar-refractivity contribution in [2.75, 3.05) is 19.5 Å². The number of benzene rings is 1. The van der Waals surface area contributed by atoms with E-state index in [1.54, 1.807) is 7.11 Å². The summed E-state index contributed by atoms with van der Waals surface area (Å²) in [6.45, 7) is 12.6. The molecule has 1 aromatic carbocycles. The Kier molecular flexibility index (Phi) is 11.5. The van der Waals surface area contributed by atoms with Gasteiger partial charge in [0.1, 0.15) is 41.4 Å². The van der Waals surface area contributed by atoms with Gasteiger partial charge in [-0.2, -0.15) is 0 Å². The molecule has 45 heavy (non-hydrogen) atoms. The van der Waals surface area contributed by atoms with Gasteiger partial charge in [-0.25, -0.2) is 0 Å². The third-order valence-corrected chi connectivity index (χ3v) is 10.4. The zero-order valence-electron chi connectivity index (χ0n) is 27.9. The van der Waals surface area contributed by atoms with Crippen molar-refractivity contribution in [1.82, 2.24) is 0 Å². The molecule has 6 atom stereocenters. The van der Waals surface area contributed by atoms with Crippen molar-refractivity contribution in [2.24, 2.45) is 11.3 Å². The van der Waals surface area contributed by atoms with Crippen molar-refractivity contribution < 1.29 is 38.1 Å². The van der Waals surface area contributed by atoms with E-state index in [1.807, 2.05) is 45.0 Å². The number of esters is 1. The summed E-state index contributed by atoms with van der Waals surface area (Å²) in [7, 11) is 1.63. The van der Waals surface area contributed by atoms with Crippen LogP contribution in [-0.4, -0.2) is 72.3 Å². The highest BCUT2D eigenvalue weighted by Crippen LogP contribution is 2.59. The third-order valence-electron chi connectivity index (χ3n) is 9.28. The Morgan fingerprint density at radius 3 is 2.36 bits per heavy atom. The third kappa shape index (κ3) is 9.37. The fraction of sp³-hybridized carbons (Fsp3) is 0.667. The molecule has 0 bridgehead atoms. The molecule has 2 saturated heterocycles. The van der Waals surface area contributed by atoms with Gasteiger partial charge in [-0.3, -0.25) is 19.2 Å². The van der Waals surface area contributed by atoms with E-state index in [0.717, 1.165) is 23.3 Å². The van der Waals surface area contributed by atoms with E-state index >= 15 is 0 Å². The lowest BCUT2D eigenvalue weighted by Crippen LogP contribution is -2.55. The fourth-order valence-electron chi connectivity index (χ4n) is 6.50. The lowest BCUT2D eigenvalue weighted by Gasteiger charge is -2.42. The fourth-order valence-corrected chi connectivity index (χ4v) is 7.26. The molecule has 1 aromatic rings. The van der Waals surface area contributed by atoms with Gasteiger partial charge in [0.25, 0.3) is 0 Å². The molecule has 3 aliphatic rings. The highest BCUT2D eigenvalue weighted by molar-refractivity contribution is 8.00. The van der Waals surface area contributed by atoms with Crippen LogP contribution < -0.4 is 0 Å². The summed E-state index contributed by atoms with van der Waals surface area (Å²) in [5.74, 6) is -0.403. The molecule has 2 heterocycles. The minimum Gasteiger partial charge on any atom is -0.459 e. The van der Waals surface area contributed by atoms with E-state index in [4.69, 9.17) is 18.9 Å². The average Bonchev–Trinajstić information content (AvgIpc) is 3.88. The standard InChI is InChI=1S/C36H50O8S/c1-23(2)11-16-30-35(6,44-30)33-32(41-7)28(17-18-36(33)22-42-36)43-31(40)20-26(38)21-45-27-14-12-24(13-15-27)19-25(37)9-8-10-29(39)34(3,4)5/h11-15,28,30,32-33H,8-10,16-22H2,1-7H3/t28-,30-,32-,33-,35-,36+/m1/s1. The Morgan fingerprint density at radius 1 is 1.07 bits per heavy atom. The number of methoxy groups -OCH3 is 1. The van der Waals surface area contributed by atoms with Gasteiger partial charge >= 0.3 is 5.97 Å². The zero-order chi connectivity index (χ0) is 33.0. The molecule has 1 spiro atoms. The first-order valence-electron chi connectivity index (χ1n) is 16.1. The van der Waals surface area contributed by atoms with Crippen molar-refractivity contribution in [3.8, 4) is 0 Å². The van der Waals surface area contributed by atoms with Gasteiger partial charge in [-0.1, -0.05) is 44.6 Å². The van der Waals surface area contributed by atoms with Crippen molar-refractivity contribution in [2.45, 2.75) is 127 Å². The maximum Gasteiger partial charge on any atom is 0.313 e. The van der Waals surface area contributed by atoms with Crippen LogP contribution in [0.2, 0.25) is 0 Å². The number of carbonyl (C=O) groups excluding carboxylic acids is 4. The van der Waals surface area contributed by atoms with E-state index in [1.165, 1.54) is 17.3 Å². The molecule has 8 nitrogen and oxygen atoms in total. The lowest BCUT2D eigenvalue weighted by molar-refractivity contribution is -0.172.